The Balaban J connectivity index is 2.10. The Morgan fingerprint density at radius 2 is 2.00 bits per heavy atom. The van der Waals surface area contributed by atoms with Crippen molar-refractivity contribution in [2.75, 3.05) is 11.1 Å². The molecule has 6 heteroatoms. The van der Waals surface area contributed by atoms with E-state index in [2.05, 4.69) is 39.2 Å². The molecule has 0 saturated heterocycles. The second-order valence-corrected chi connectivity index (χ2v) is 7.17. The normalized spacial score (nSPS) is 10.3. The molecule has 24 heavy (non-hydrogen) atoms. The van der Waals surface area contributed by atoms with Crippen molar-refractivity contribution in [2.45, 2.75) is 32.2 Å². The number of aryl methyl sites for hydroxylation is 1. The van der Waals surface area contributed by atoms with E-state index in [1.54, 1.807) is 0 Å². The van der Waals surface area contributed by atoms with Gasteiger partial charge >= 0.3 is 0 Å². The molecule has 0 bridgehead atoms. The number of halogens is 1. The summed E-state index contributed by atoms with van der Waals surface area (Å²) < 4.78 is 0.958. The van der Waals surface area contributed by atoms with Gasteiger partial charge in [0.1, 0.15) is 11.1 Å². The van der Waals surface area contributed by atoms with E-state index in [0.29, 0.717) is 10.6 Å². The van der Waals surface area contributed by atoms with Crippen molar-refractivity contribution in [3.8, 4) is 6.07 Å². The van der Waals surface area contributed by atoms with Crippen molar-refractivity contribution < 1.29 is 4.79 Å². The highest BCUT2D eigenvalue weighted by atomic mass is 79.9. The van der Waals surface area contributed by atoms with Crippen LogP contribution in [0, 0.1) is 25.2 Å². The molecule has 0 saturated carbocycles. The van der Waals surface area contributed by atoms with Crippen molar-refractivity contribution in [2.24, 2.45) is 0 Å². The third-order valence-corrected chi connectivity index (χ3v) is 5.18. The van der Waals surface area contributed by atoms with Gasteiger partial charge in [0.2, 0.25) is 5.91 Å². The first-order valence-electron chi connectivity index (χ1n) is 7.54. The number of nitrogens with one attached hydrogen (secondary N) is 1. The molecule has 0 radical (unpaired) electrons. The van der Waals surface area contributed by atoms with Crippen LogP contribution in [0.2, 0.25) is 0 Å². The summed E-state index contributed by atoms with van der Waals surface area (Å²) in [5, 5.41) is 12.9. The van der Waals surface area contributed by atoms with Crippen LogP contribution in [-0.4, -0.2) is 16.6 Å². The molecular formula is C18H18BrN3OS. The molecule has 0 spiro atoms. The maximum absolute atomic E-state index is 12.1. The molecule has 1 heterocycles. The smallest absolute Gasteiger partial charge is 0.234 e. The molecular weight excluding hydrogens is 386 g/mol. The highest BCUT2D eigenvalue weighted by Gasteiger charge is 2.15. The van der Waals surface area contributed by atoms with Crippen molar-refractivity contribution in [3.05, 3.63) is 51.1 Å². The third kappa shape index (κ3) is 4.37. The number of hydrogen-bond acceptors (Lipinski definition) is 4. The van der Waals surface area contributed by atoms with Crippen LogP contribution in [0.25, 0.3) is 0 Å². The number of nitrogens with zero attached hydrogens (tertiary/aromatic N) is 2. The summed E-state index contributed by atoms with van der Waals surface area (Å²) in [4.78, 5) is 16.6. The van der Waals surface area contributed by atoms with E-state index in [9.17, 15) is 10.1 Å². The van der Waals surface area contributed by atoms with E-state index >= 15 is 0 Å². The van der Waals surface area contributed by atoms with Gasteiger partial charge in [-0.15, -0.1) is 0 Å². The average Bonchev–Trinajstić information content (AvgIpc) is 2.55. The van der Waals surface area contributed by atoms with Crippen molar-refractivity contribution >= 4 is 39.3 Å². The van der Waals surface area contributed by atoms with Crippen LogP contribution in [0.15, 0.2) is 33.8 Å². The summed E-state index contributed by atoms with van der Waals surface area (Å²) in [7, 11) is 0. The Kier molecular flexibility index (Phi) is 6.41. The number of hydrogen-bond donors (Lipinski definition) is 1. The molecule has 124 valence electrons. The Morgan fingerprint density at radius 3 is 2.58 bits per heavy atom. The zero-order valence-corrected chi connectivity index (χ0v) is 16.2. The number of carbonyl (C=O) groups is 1. The highest BCUT2D eigenvalue weighted by Crippen LogP contribution is 2.27. The fourth-order valence-corrected chi connectivity index (χ4v) is 3.63. The van der Waals surface area contributed by atoms with E-state index in [1.165, 1.54) is 11.8 Å². The molecule has 0 fully saturated rings. The number of anilines is 1. The number of carbonyl (C=O) groups excluding carboxylic acids is 1. The van der Waals surface area contributed by atoms with E-state index in [0.717, 1.165) is 33.4 Å². The summed E-state index contributed by atoms with van der Waals surface area (Å²) >= 11 is 4.65. The van der Waals surface area contributed by atoms with Crippen LogP contribution < -0.4 is 5.32 Å². The lowest BCUT2D eigenvalue weighted by atomic mass is 10.0. The molecule has 4 nitrogen and oxygen atoms in total. The lowest BCUT2D eigenvalue weighted by Crippen LogP contribution is -2.14. The lowest BCUT2D eigenvalue weighted by Gasteiger charge is -2.12. The molecule has 0 aliphatic rings. The largest absolute Gasteiger partial charge is 0.325 e. The van der Waals surface area contributed by atoms with E-state index < -0.39 is 0 Å². The van der Waals surface area contributed by atoms with Gasteiger partial charge in [-0.2, -0.15) is 5.26 Å². The molecule has 1 amide bonds. The maximum atomic E-state index is 12.1. The molecule has 1 N–H and O–H groups in total. The number of nitriles is 1. The Bertz CT molecular complexity index is 797. The average molecular weight is 404 g/mol. The minimum atomic E-state index is -0.122. The summed E-state index contributed by atoms with van der Waals surface area (Å²) in [6.45, 7) is 5.94. The zero-order chi connectivity index (χ0) is 17.7. The zero-order valence-electron chi connectivity index (χ0n) is 13.8. The van der Waals surface area contributed by atoms with Gasteiger partial charge in [0.25, 0.3) is 0 Å². The van der Waals surface area contributed by atoms with Crippen LogP contribution in [0.1, 0.15) is 29.3 Å². The summed E-state index contributed by atoms with van der Waals surface area (Å²) in [6.07, 6.45) is 0.842. The van der Waals surface area contributed by atoms with Crippen molar-refractivity contribution in [3.63, 3.8) is 0 Å². The fraction of sp³-hybridized carbons (Fsp3) is 0.278. The quantitative estimate of drug-likeness (QED) is 0.739. The Morgan fingerprint density at radius 1 is 1.33 bits per heavy atom. The van der Waals surface area contributed by atoms with E-state index in [-0.39, 0.29) is 11.7 Å². The number of benzene rings is 1. The molecule has 0 atom stereocenters. The predicted molar refractivity (Wildman–Crippen MR) is 101 cm³/mol. The van der Waals surface area contributed by atoms with Gasteiger partial charge in [-0.1, -0.05) is 34.6 Å². The number of aromatic nitrogens is 1. The summed E-state index contributed by atoms with van der Waals surface area (Å²) in [5.41, 5.74) is 4.30. The molecule has 1 aromatic heterocycles. The SMILES string of the molecule is CCc1c(C)nc(SCC(=O)Nc2ccc(Br)cc2)c(C#N)c1C. The van der Waals surface area contributed by atoms with Gasteiger partial charge in [-0.3, -0.25) is 4.79 Å². The number of amides is 1. The van der Waals surface area contributed by atoms with Crippen LogP contribution in [0.4, 0.5) is 5.69 Å². The fourth-order valence-electron chi connectivity index (χ4n) is 2.48. The standard InChI is InChI=1S/C18H18BrN3OS/c1-4-15-11(2)16(9-20)18(21-12(15)3)24-10-17(23)22-14-7-5-13(19)6-8-14/h5-8H,4,10H2,1-3H3,(H,22,23). The Labute approximate surface area is 154 Å². The molecule has 2 aromatic rings. The summed E-state index contributed by atoms with van der Waals surface area (Å²) in [5.74, 6) is 0.0881. The van der Waals surface area contributed by atoms with Crippen molar-refractivity contribution in [1.29, 1.82) is 5.26 Å². The van der Waals surface area contributed by atoms with Gasteiger partial charge < -0.3 is 5.32 Å². The minimum absolute atomic E-state index is 0.122. The van der Waals surface area contributed by atoms with E-state index in [1.807, 2.05) is 38.1 Å². The predicted octanol–water partition coefficient (Wildman–Crippen LogP) is 4.63. The van der Waals surface area contributed by atoms with Gasteiger partial charge in [0, 0.05) is 15.9 Å². The first kappa shape index (κ1) is 18.5. The summed E-state index contributed by atoms with van der Waals surface area (Å²) in [6, 6.07) is 9.62. The van der Waals surface area contributed by atoms with Gasteiger partial charge in [-0.25, -0.2) is 4.98 Å². The molecule has 0 aliphatic carbocycles. The lowest BCUT2D eigenvalue weighted by molar-refractivity contribution is -0.113. The third-order valence-electron chi connectivity index (χ3n) is 3.68. The monoisotopic (exact) mass is 403 g/mol. The molecule has 1 aromatic carbocycles. The van der Waals surface area contributed by atoms with Gasteiger partial charge in [0.05, 0.1) is 11.3 Å². The molecule has 2 rings (SSSR count). The second kappa shape index (κ2) is 8.32. The van der Waals surface area contributed by atoms with Crippen molar-refractivity contribution in [1.82, 2.24) is 4.98 Å². The number of pyridine rings is 1. The van der Waals surface area contributed by atoms with Crippen LogP contribution >= 0.6 is 27.7 Å². The van der Waals surface area contributed by atoms with E-state index in [4.69, 9.17) is 0 Å². The number of thioether (sulfide) groups is 1. The first-order chi connectivity index (χ1) is 11.5. The van der Waals surface area contributed by atoms with Crippen LogP contribution in [-0.2, 0) is 11.2 Å². The maximum Gasteiger partial charge on any atom is 0.234 e. The molecule has 0 unspecified atom stereocenters. The van der Waals surface area contributed by atoms with Crippen LogP contribution in [0.5, 0.6) is 0 Å². The molecule has 0 aliphatic heterocycles. The topological polar surface area (TPSA) is 65.8 Å². The van der Waals surface area contributed by atoms with Crippen LogP contribution in [0.3, 0.4) is 0 Å². The first-order valence-corrected chi connectivity index (χ1v) is 9.32. The second-order valence-electron chi connectivity index (χ2n) is 5.29. The highest BCUT2D eigenvalue weighted by molar-refractivity contribution is 9.10. The minimum Gasteiger partial charge on any atom is -0.325 e. The van der Waals surface area contributed by atoms with Gasteiger partial charge in [-0.05, 0) is 55.7 Å². The van der Waals surface area contributed by atoms with Gasteiger partial charge in [0.15, 0.2) is 0 Å². The number of rotatable bonds is 5. The Hall–Kier alpha value is -1.84.